The zero-order valence-electron chi connectivity index (χ0n) is 16.8. The highest BCUT2D eigenvalue weighted by atomic mass is 35.5. The fourth-order valence-corrected chi connectivity index (χ4v) is 3.76. The number of halogens is 1. The second kappa shape index (κ2) is 7.84. The molecule has 2 amide bonds. The summed E-state index contributed by atoms with van der Waals surface area (Å²) in [4.78, 5) is 25.2. The van der Waals surface area contributed by atoms with Crippen LogP contribution < -0.4 is 15.4 Å². The van der Waals surface area contributed by atoms with E-state index < -0.39 is 6.04 Å². The van der Waals surface area contributed by atoms with Gasteiger partial charge in [0.2, 0.25) is 5.91 Å². The molecule has 1 unspecified atom stereocenters. The lowest BCUT2D eigenvalue weighted by Crippen LogP contribution is -2.24. The van der Waals surface area contributed by atoms with E-state index in [4.69, 9.17) is 16.3 Å². The molecule has 30 heavy (non-hydrogen) atoms. The summed E-state index contributed by atoms with van der Waals surface area (Å²) in [6.45, 7) is 3.76. The van der Waals surface area contributed by atoms with E-state index in [2.05, 4.69) is 15.7 Å². The molecule has 8 heteroatoms. The molecule has 0 aliphatic carbocycles. The van der Waals surface area contributed by atoms with Crippen molar-refractivity contribution in [2.75, 3.05) is 17.7 Å². The molecule has 0 bridgehead atoms. The molecule has 1 aliphatic heterocycles. The van der Waals surface area contributed by atoms with Crippen molar-refractivity contribution in [2.24, 2.45) is 0 Å². The molecule has 7 nitrogen and oxygen atoms in total. The van der Waals surface area contributed by atoms with E-state index in [1.807, 2.05) is 44.2 Å². The summed E-state index contributed by atoms with van der Waals surface area (Å²) < 4.78 is 6.81. The van der Waals surface area contributed by atoms with Gasteiger partial charge in [0.25, 0.3) is 5.91 Å². The maximum Gasteiger partial charge on any atom is 0.251 e. The number of amides is 2. The van der Waals surface area contributed by atoms with Crippen LogP contribution in [0, 0.1) is 13.8 Å². The number of carbonyl (C=O) groups excluding carboxylic acids is 2. The van der Waals surface area contributed by atoms with Gasteiger partial charge in [0.15, 0.2) is 0 Å². The van der Waals surface area contributed by atoms with Crippen LogP contribution in [0.5, 0.6) is 5.75 Å². The van der Waals surface area contributed by atoms with Gasteiger partial charge in [-0.2, -0.15) is 5.10 Å². The van der Waals surface area contributed by atoms with E-state index in [1.54, 1.807) is 23.9 Å². The number of carbonyl (C=O) groups is 2. The molecule has 2 aromatic carbocycles. The number of hydrogen-bond acceptors (Lipinski definition) is 4. The Balaban J connectivity index is 1.58. The van der Waals surface area contributed by atoms with Crippen molar-refractivity contribution in [3.8, 4) is 16.9 Å². The Kier molecular flexibility index (Phi) is 5.22. The minimum absolute atomic E-state index is 0.0338. The average molecular weight is 425 g/mol. The summed E-state index contributed by atoms with van der Waals surface area (Å²) in [6, 6.07) is 12.1. The second-order valence-corrected chi connectivity index (χ2v) is 7.64. The van der Waals surface area contributed by atoms with E-state index in [0.717, 1.165) is 28.1 Å². The van der Waals surface area contributed by atoms with Gasteiger partial charge in [-0.3, -0.25) is 9.59 Å². The topological polar surface area (TPSA) is 85.2 Å². The number of aromatic nitrogens is 2. The smallest absolute Gasteiger partial charge is 0.251 e. The minimum atomic E-state index is -0.717. The van der Waals surface area contributed by atoms with Gasteiger partial charge in [-0.15, -0.1) is 0 Å². The third-order valence-corrected chi connectivity index (χ3v) is 5.39. The highest BCUT2D eigenvalue weighted by Gasteiger charge is 2.36. The van der Waals surface area contributed by atoms with E-state index in [1.165, 1.54) is 0 Å². The van der Waals surface area contributed by atoms with Crippen LogP contribution in [0.15, 0.2) is 42.5 Å². The van der Waals surface area contributed by atoms with Crippen molar-refractivity contribution in [1.82, 2.24) is 9.78 Å². The summed E-state index contributed by atoms with van der Waals surface area (Å²) in [5.41, 5.74) is 4.03. The van der Waals surface area contributed by atoms with Crippen molar-refractivity contribution >= 4 is 34.9 Å². The Labute approximate surface area is 179 Å². The van der Waals surface area contributed by atoms with Crippen molar-refractivity contribution in [3.05, 3.63) is 58.7 Å². The molecule has 2 heterocycles. The van der Waals surface area contributed by atoms with Gasteiger partial charge in [0, 0.05) is 16.3 Å². The number of aryl methyl sites for hydroxylation is 2. The number of nitrogens with one attached hydrogen (secondary N) is 2. The first-order valence-corrected chi connectivity index (χ1v) is 9.85. The largest absolute Gasteiger partial charge is 0.497 e. The summed E-state index contributed by atoms with van der Waals surface area (Å²) in [5, 5.41) is 10.8. The molecular formula is C22H21ClN4O3. The molecular weight excluding hydrogens is 404 g/mol. The minimum Gasteiger partial charge on any atom is -0.497 e. The van der Waals surface area contributed by atoms with Gasteiger partial charge in [-0.1, -0.05) is 29.8 Å². The Morgan fingerprint density at radius 2 is 1.97 bits per heavy atom. The molecule has 2 N–H and O–H groups in total. The first-order valence-electron chi connectivity index (χ1n) is 9.47. The van der Waals surface area contributed by atoms with Gasteiger partial charge >= 0.3 is 0 Å². The molecule has 0 saturated heterocycles. The Morgan fingerprint density at radius 1 is 1.23 bits per heavy atom. The predicted molar refractivity (Wildman–Crippen MR) is 116 cm³/mol. The van der Waals surface area contributed by atoms with Crippen LogP contribution in [-0.2, 0) is 9.59 Å². The van der Waals surface area contributed by atoms with Crippen LogP contribution in [0.4, 0.5) is 11.5 Å². The van der Waals surface area contributed by atoms with Crippen molar-refractivity contribution in [2.45, 2.75) is 26.3 Å². The number of rotatable bonds is 5. The zero-order chi connectivity index (χ0) is 21.4. The Hall–Kier alpha value is -3.32. The van der Waals surface area contributed by atoms with E-state index in [-0.39, 0.29) is 18.2 Å². The Morgan fingerprint density at radius 3 is 2.67 bits per heavy atom. The number of methoxy groups -OCH3 is 1. The van der Waals surface area contributed by atoms with Crippen molar-refractivity contribution < 1.29 is 14.3 Å². The fraction of sp³-hybridized carbons (Fsp3) is 0.227. The third kappa shape index (κ3) is 3.64. The Bertz CT molecular complexity index is 1140. The van der Waals surface area contributed by atoms with Crippen molar-refractivity contribution in [1.29, 1.82) is 0 Å². The van der Waals surface area contributed by atoms with Gasteiger partial charge < -0.3 is 15.4 Å². The van der Waals surface area contributed by atoms with Gasteiger partial charge in [-0.25, -0.2) is 4.68 Å². The highest BCUT2D eigenvalue weighted by molar-refractivity contribution is 6.31. The first-order chi connectivity index (χ1) is 14.4. The zero-order valence-corrected chi connectivity index (χ0v) is 17.6. The number of benzene rings is 2. The maximum absolute atomic E-state index is 12.6. The maximum atomic E-state index is 12.6. The van der Waals surface area contributed by atoms with Gasteiger partial charge in [0.05, 0.1) is 19.2 Å². The quantitative estimate of drug-likeness (QED) is 0.637. The number of nitrogens with zero attached hydrogens (tertiary/aromatic N) is 2. The second-order valence-electron chi connectivity index (χ2n) is 7.20. The van der Waals surface area contributed by atoms with Crippen LogP contribution in [0.1, 0.15) is 23.7 Å². The van der Waals surface area contributed by atoms with Gasteiger partial charge in [-0.05, 0) is 49.2 Å². The lowest BCUT2D eigenvalue weighted by atomic mass is 10.1. The lowest BCUT2D eigenvalue weighted by Gasteiger charge is -2.12. The number of ether oxygens (including phenoxy) is 1. The average Bonchev–Trinajstić information content (AvgIpc) is 3.18. The van der Waals surface area contributed by atoms with Crippen molar-refractivity contribution in [3.63, 3.8) is 0 Å². The normalized spacial score (nSPS) is 14.9. The van der Waals surface area contributed by atoms with Crippen LogP contribution in [-0.4, -0.2) is 28.7 Å². The molecule has 1 aliphatic rings. The van der Waals surface area contributed by atoms with E-state index in [9.17, 15) is 9.59 Å². The standard InChI is InChI=1S/C22H21ClN4O3/c1-12-4-7-15(23)10-17(12)24-19(28)11-18-22(29)25-21-20(13(2)26-27(18)21)14-5-8-16(30-3)9-6-14/h4-10,18H,11H2,1-3H3,(H,24,28)(H,25,29). The molecule has 1 aromatic heterocycles. The van der Waals surface area contributed by atoms with Crippen LogP contribution >= 0.6 is 11.6 Å². The summed E-state index contributed by atoms with van der Waals surface area (Å²) in [7, 11) is 1.61. The SMILES string of the molecule is COc1ccc(-c2c(C)nn3c2NC(=O)C3CC(=O)Nc2cc(Cl)ccc2C)cc1. The van der Waals surface area contributed by atoms with Crippen LogP contribution in [0.25, 0.3) is 11.1 Å². The van der Waals surface area contributed by atoms with E-state index >= 15 is 0 Å². The fourth-order valence-electron chi connectivity index (χ4n) is 3.59. The summed E-state index contributed by atoms with van der Waals surface area (Å²) in [6.07, 6.45) is -0.0338. The third-order valence-electron chi connectivity index (χ3n) is 5.16. The number of fused-ring (bicyclic) bond motifs is 1. The number of hydrogen-bond donors (Lipinski definition) is 2. The monoisotopic (exact) mass is 424 g/mol. The van der Waals surface area contributed by atoms with Gasteiger partial charge in [0.1, 0.15) is 17.6 Å². The van der Waals surface area contributed by atoms with Crippen LogP contribution in [0.2, 0.25) is 5.02 Å². The van der Waals surface area contributed by atoms with E-state index in [0.29, 0.717) is 16.5 Å². The molecule has 4 rings (SSSR count). The molecule has 3 aromatic rings. The first kappa shape index (κ1) is 20.0. The molecule has 0 radical (unpaired) electrons. The summed E-state index contributed by atoms with van der Waals surface area (Å²) >= 11 is 6.02. The predicted octanol–water partition coefficient (Wildman–Crippen LogP) is 4.35. The number of anilines is 2. The lowest BCUT2D eigenvalue weighted by molar-refractivity contribution is -0.123. The molecule has 154 valence electrons. The molecule has 0 saturated carbocycles. The van der Waals surface area contributed by atoms with Crippen LogP contribution in [0.3, 0.4) is 0 Å². The molecule has 0 fully saturated rings. The molecule has 1 atom stereocenters. The highest BCUT2D eigenvalue weighted by Crippen LogP contribution is 2.38. The summed E-state index contributed by atoms with van der Waals surface area (Å²) in [5.74, 6) is 0.798. The molecule has 0 spiro atoms.